The monoisotopic (exact) mass is 335 g/mol. The van der Waals surface area contributed by atoms with E-state index in [1.807, 2.05) is 0 Å². The lowest BCUT2D eigenvalue weighted by atomic mass is 10.1. The van der Waals surface area contributed by atoms with Crippen molar-refractivity contribution in [3.63, 3.8) is 0 Å². The SMILES string of the molecule is O=C(NN=C(C=NO)c1ccccc1)c1cccc(C(F)(F)F)c1. The lowest BCUT2D eigenvalue weighted by Crippen LogP contribution is -2.21. The molecule has 0 radical (unpaired) electrons. The van der Waals surface area contributed by atoms with Crippen LogP contribution in [0.1, 0.15) is 21.5 Å². The van der Waals surface area contributed by atoms with E-state index in [1.54, 1.807) is 30.3 Å². The second-order valence-corrected chi connectivity index (χ2v) is 4.63. The first-order chi connectivity index (χ1) is 11.4. The van der Waals surface area contributed by atoms with Crippen LogP contribution in [0.15, 0.2) is 64.9 Å². The minimum atomic E-state index is -4.54. The zero-order valence-electron chi connectivity index (χ0n) is 12.2. The van der Waals surface area contributed by atoms with E-state index in [0.29, 0.717) is 5.56 Å². The highest BCUT2D eigenvalue weighted by molar-refractivity contribution is 6.38. The summed E-state index contributed by atoms with van der Waals surface area (Å²) in [6.07, 6.45) is -3.54. The van der Waals surface area contributed by atoms with Crippen molar-refractivity contribution in [2.75, 3.05) is 0 Å². The number of nitrogens with zero attached hydrogens (tertiary/aromatic N) is 2. The first kappa shape index (κ1) is 17.2. The van der Waals surface area contributed by atoms with E-state index in [1.165, 1.54) is 6.07 Å². The Morgan fingerprint density at radius 2 is 1.71 bits per heavy atom. The Morgan fingerprint density at radius 3 is 2.33 bits per heavy atom. The Bertz CT molecular complexity index is 772. The third kappa shape index (κ3) is 4.42. The van der Waals surface area contributed by atoms with Gasteiger partial charge in [0.05, 0.1) is 11.8 Å². The summed E-state index contributed by atoms with van der Waals surface area (Å²) in [5.74, 6) is -0.819. The molecular formula is C16H12F3N3O2. The van der Waals surface area contributed by atoms with E-state index in [0.717, 1.165) is 24.4 Å². The van der Waals surface area contributed by atoms with Crippen LogP contribution >= 0.6 is 0 Å². The van der Waals surface area contributed by atoms with Gasteiger partial charge >= 0.3 is 6.18 Å². The van der Waals surface area contributed by atoms with Gasteiger partial charge in [0.15, 0.2) is 0 Å². The molecule has 2 aromatic rings. The van der Waals surface area contributed by atoms with E-state index in [9.17, 15) is 18.0 Å². The molecule has 2 N–H and O–H groups in total. The molecule has 0 bridgehead atoms. The van der Waals surface area contributed by atoms with Crippen LogP contribution in [0, 0.1) is 0 Å². The lowest BCUT2D eigenvalue weighted by molar-refractivity contribution is -0.137. The fraction of sp³-hybridized carbons (Fsp3) is 0.0625. The highest BCUT2D eigenvalue weighted by atomic mass is 19.4. The van der Waals surface area contributed by atoms with E-state index in [2.05, 4.69) is 15.7 Å². The highest BCUT2D eigenvalue weighted by Crippen LogP contribution is 2.29. The van der Waals surface area contributed by atoms with Crippen molar-refractivity contribution in [3.8, 4) is 0 Å². The molecule has 0 unspecified atom stereocenters. The molecule has 2 aromatic carbocycles. The maximum absolute atomic E-state index is 12.7. The number of rotatable bonds is 4. The summed E-state index contributed by atoms with van der Waals surface area (Å²) < 4.78 is 38.0. The van der Waals surface area contributed by atoms with Gasteiger partial charge in [0.25, 0.3) is 5.91 Å². The first-order valence-corrected chi connectivity index (χ1v) is 6.70. The average Bonchev–Trinajstić information content (AvgIpc) is 2.58. The van der Waals surface area contributed by atoms with Gasteiger partial charge in [-0.15, -0.1) is 0 Å². The Labute approximate surface area is 135 Å². The van der Waals surface area contributed by atoms with Crippen molar-refractivity contribution in [3.05, 3.63) is 71.3 Å². The zero-order chi connectivity index (χ0) is 17.6. The Kier molecular flexibility index (Phi) is 5.31. The van der Waals surface area contributed by atoms with Gasteiger partial charge in [-0.1, -0.05) is 41.6 Å². The standard InChI is InChI=1S/C16H12F3N3O2/c17-16(18,19)13-8-4-7-12(9-13)15(23)22-21-14(10-20-24)11-5-2-1-3-6-11/h1-10,24H,(H,22,23). The molecule has 0 atom stereocenters. The number of nitrogens with one attached hydrogen (secondary N) is 1. The zero-order valence-corrected chi connectivity index (χ0v) is 12.2. The molecule has 0 saturated carbocycles. The van der Waals surface area contributed by atoms with Gasteiger partial charge in [-0.05, 0) is 18.2 Å². The van der Waals surface area contributed by atoms with Gasteiger partial charge in [0.1, 0.15) is 5.71 Å². The number of carbonyl (C=O) groups excluding carboxylic acids is 1. The van der Waals surface area contributed by atoms with Crippen LogP contribution in [-0.2, 0) is 6.18 Å². The summed E-state index contributed by atoms with van der Waals surface area (Å²) in [6.45, 7) is 0. The average molecular weight is 335 g/mol. The number of benzene rings is 2. The van der Waals surface area contributed by atoms with Gasteiger partial charge < -0.3 is 5.21 Å². The molecule has 1 amide bonds. The van der Waals surface area contributed by atoms with Crippen LogP contribution < -0.4 is 5.43 Å². The van der Waals surface area contributed by atoms with Gasteiger partial charge in [0.2, 0.25) is 0 Å². The second-order valence-electron chi connectivity index (χ2n) is 4.63. The maximum Gasteiger partial charge on any atom is 0.416 e. The van der Waals surface area contributed by atoms with Gasteiger partial charge in [-0.25, -0.2) is 5.43 Å². The molecule has 5 nitrogen and oxygen atoms in total. The smallest absolute Gasteiger partial charge is 0.411 e. The normalized spacial score (nSPS) is 12.4. The second kappa shape index (κ2) is 7.40. The fourth-order valence-corrected chi connectivity index (χ4v) is 1.84. The highest BCUT2D eigenvalue weighted by Gasteiger charge is 2.30. The molecule has 24 heavy (non-hydrogen) atoms. The molecule has 0 spiro atoms. The molecule has 8 heteroatoms. The number of oxime groups is 1. The molecule has 0 fully saturated rings. The molecule has 0 aliphatic rings. The number of alkyl halides is 3. The van der Waals surface area contributed by atoms with E-state index in [-0.39, 0.29) is 11.3 Å². The molecule has 0 heterocycles. The van der Waals surface area contributed by atoms with Crippen LogP contribution in [0.2, 0.25) is 0 Å². The van der Waals surface area contributed by atoms with Gasteiger partial charge in [0, 0.05) is 11.1 Å². The van der Waals surface area contributed by atoms with E-state index >= 15 is 0 Å². The van der Waals surface area contributed by atoms with Crippen molar-refractivity contribution in [2.45, 2.75) is 6.18 Å². The third-order valence-corrected chi connectivity index (χ3v) is 2.98. The number of halogens is 3. The topological polar surface area (TPSA) is 74.0 Å². The van der Waals surface area contributed by atoms with Crippen molar-refractivity contribution < 1.29 is 23.2 Å². The van der Waals surface area contributed by atoms with E-state index < -0.39 is 17.6 Å². The van der Waals surface area contributed by atoms with Crippen LogP contribution in [0.3, 0.4) is 0 Å². The summed E-state index contributed by atoms with van der Waals surface area (Å²) in [5.41, 5.74) is 1.71. The summed E-state index contributed by atoms with van der Waals surface area (Å²) in [7, 11) is 0. The van der Waals surface area contributed by atoms with Crippen molar-refractivity contribution >= 4 is 17.8 Å². The molecule has 0 saturated heterocycles. The predicted molar refractivity (Wildman–Crippen MR) is 82.2 cm³/mol. The number of amides is 1. The predicted octanol–water partition coefficient (Wildman–Crippen LogP) is 3.30. The Hall–Kier alpha value is -3.16. The number of hydrogen-bond donors (Lipinski definition) is 2. The molecule has 2 rings (SSSR count). The quantitative estimate of drug-likeness (QED) is 0.511. The summed E-state index contributed by atoms with van der Waals surface area (Å²) in [5, 5.41) is 15.3. The van der Waals surface area contributed by atoms with Gasteiger partial charge in [-0.3, -0.25) is 4.79 Å². The largest absolute Gasteiger partial charge is 0.416 e. The summed E-state index contributed by atoms with van der Waals surface area (Å²) in [6, 6.07) is 12.5. The third-order valence-electron chi connectivity index (χ3n) is 2.98. The first-order valence-electron chi connectivity index (χ1n) is 6.70. The molecular weight excluding hydrogens is 323 g/mol. The number of carbonyl (C=O) groups is 1. The van der Waals surface area contributed by atoms with E-state index in [4.69, 9.17) is 5.21 Å². The van der Waals surface area contributed by atoms with Crippen molar-refractivity contribution in [1.29, 1.82) is 0 Å². The Morgan fingerprint density at radius 1 is 1.04 bits per heavy atom. The summed E-state index contributed by atoms with van der Waals surface area (Å²) >= 11 is 0. The minimum Gasteiger partial charge on any atom is -0.411 e. The van der Waals surface area contributed by atoms with Gasteiger partial charge in [-0.2, -0.15) is 18.3 Å². The van der Waals surface area contributed by atoms with Crippen molar-refractivity contribution in [2.24, 2.45) is 10.3 Å². The molecule has 0 aliphatic carbocycles. The minimum absolute atomic E-state index is 0.137. The van der Waals surface area contributed by atoms with Crippen LogP contribution in [0.25, 0.3) is 0 Å². The molecule has 0 aromatic heterocycles. The molecule has 124 valence electrons. The lowest BCUT2D eigenvalue weighted by Gasteiger charge is -2.08. The summed E-state index contributed by atoms with van der Waals surface area (Å²) in [4.78, 5) is 12.0. The number of hydrogen-bond acceptors (Lipinski definition) is 4. The maximum atomic E-state index is 12.7. The number of hydrazone groups is 1. The van der Waals surface area contributed by atoms with Crippen LogP contribution in [0.4, 0.5) is 13.2 Å². The fourth-order valence-electron chi connectivity index (χ4n) is 1.84. The molecule has 0 aliphatic heterocycles. The van der Waals surface area contributed by atoms with Crippen LogP contribution in [0.5, 0.6) is 0 Å². The Balaban J connectivity index is 2.22. The van der Waals surface area contributed by atoms with Crippen molar-refractivity contribution in [1.82, 2.24) is 5.43 Å². The van der Waals surface area contributed by atoms with Crippen LogP contribution in [-0.4, -0.2) is 23.0 Å².